The van der Waals surface area contributed by atoms with Crippen LogP contribution in [0.4, 0.5) is 17.1 Å². The van der Waals surface area contributed by atoms with Crippen LogP contribution >= 0.6 is 0 Å². The molecule has 0 bridgehead atoms. The van der Waals surface area contributed by atoms with Crippen LogP contribution < -0.4 is 9.64 Å². The van der Waals surface area contributed by atoms with Gasteiger partial charge in [0.15, 0.2) is 0 Å². The van der Waals surface area contributed by atoms with Gasteiger partial charge in [0.1, 0.15) is 11.5 Å². The van der Waals surface area contributed by atoms with E-state index in [0.29, 0.717) is 0 Å². The van der Waals surface area contributed by atoms with Gasteiger partial charge in [-0.25, -0.2) is 0 Å². The molecule has 0 radical (unpaired) electrons. The van der Waals surface area contributed by atoms with Crippen LogP contribution in [0, 0.1) is 0 Å². The van der Waals surface area contributed by atoms with Crippen LogP contribution in [0.2, 0.25) is 0 Å². The van der Waals surface area contributed by atoms with E-state index in [2.05, 4.69) is 229 Å². The van der Waals surface area contributed by atoms with Crippen LogP contribution in [0.3, 0.4) is 0 Å². The summed E-state index contributed by atoms with van der Waals surface area (Å²) in [4.78, 5) is 2.40. The molecule has 0 fully saturated rings. The van der Waals surface area contributed by atoms with Crippen molar-refractivity contribution in [3.8, 4) is 33.8 Å². The number of ether oxygens (including phenoxy) is 1. The molecular formula is C59H37NO. The molecule has 2 heteroatoms. The fourth-order valence-electron chi connectivity index (χ4n) is 10.6. The van der Waals surface area contributed by atoms with Crippen LogP contribution in [-0.4, -0.2) is 0 Å². The van der Waals surface area contributed by atoms with Crippen LogP contribution in [0.15, 0.2) is 224 Å². The fourth-order valence-corrected chi connectivity index (χ4v) is 10.6. The van der Waals surface area contributed by atoms with Gasteiger partial charge >= 0.3 is 0 Å². The van der Waals surface area contributed by atoms with Gasteiger partial charge in [0.25, 0.3) is 0 Å². The molecule has 0 unspecified atom stereocenters. The lowest BCUT2D eigenvalue weighted by atomic mass is 9.65. The van der Waals surface area contributed by atoms with Crippen LogP contribution in [0.25, 0.3) is 65.3 Å². The van der Waals surface area contributed by atoms with Crippen molar-refractivity contribution in [3.63, 3.8) is 0 Å². The molecule has 0 aromatic heterocycles. The van der Waals surface area contributed by atoms with Gasteiger partial charge in [0, 0.05) is 39.0 Å². The Hall–Kier alpha value is -7.94. The molecule has 1 aliphatic carbocycles. The molecule has 11 aromatic rings. The minimum Gasteiger partial charge on any atom is -0.455 e. The third-order valence-corrected chi connectivity index (χ3v) is 13.2. The standard InChI is InChI=1S/C59H37NO/c1-3-17-42-35-46(31-27-38(42)13-1)60(47-32-28-39-14-2-4-18-43(39)36-47)45-20-11-19-44(37-45)48-24-12-26-53-56(48)51-23-9-10-25-52(51)59(53)54-33-29-40-15-5-7-21-49(40)57(54)61-58-50-22-8-6-16-41(50)30-34-55(58)59/h1-37H. The van der Waals surface area contributed by atoms with Crippen LogP contribution in [-0.2, 0) is 5.41 Å². The van der Waals surface area contributed by atoms with Crippen molar-refractivity contribution in [2.45, 2.75) is 5.41 Å². The Morgan fingerprint density at radius 3 is 1.43 bits per heavy atom. The minimum absolute atomic E-state index is 0.612. The third kappa shape index (κ3) is 4.91. The minimum atomic E-state index is -0.612. The molecular weight excluding hydrogens is 739 g/mol. The zero-order valence-corrected chi connectivity index (χ0v) is 33.2. The van der Waals surface area contributed by atoms with Crippen molar-refractivity contribution in [1.82, 2.24) is 0 Å². The SMILES string of the molecule is c1cc(-c2cccc3c2-c2ccccc2C32c3ccc4ccccc4c3Oc3c2ccc2ccccc32)cc(N(c2ccc3ccccc3c2)c2ccc3ccccc3c2)c1. The monoisotopic (exact) mass is 775 g/mol. The smallest absolute Gasteiger partial charge is 0.140 e. The average molecular weight is 776 g/mol. The zero-order chi connectivity index (χ0) is 40.1. The van der Waals surface area contributed by atoms with E-state index in [1.165, 1.54) is 71.3 Å². The first-order valence-corrected chi connectivity index (χ1v) is 21.1. The second-order valence-corrected chi connectivity index (χ2v) is 16.4. The zero-order valence-electron chi connectivity index (χ0n) is 33.2. The summed E-state index contributed by atoms with van der Waals surface area (Å²) in [6.07, 6.45) is 0. The molecule has 11 aromatic carbocycles. The Balaban J connectivity index is 1.06. The molecule has 13 rings (SSSR count). The molecule has 0 saturated heterocycles. The summed E-state index contributed by atoms with van der Waals surface area (Å²) in [6, 6.07) is 82.3. The van der Waals surface area contributed by atoms with Gasteiger partial charge in [-0.1, -0.05) is 188 Å². The maximum Gasteiger partial charge on any atom is 0.140 e. The number of anilines is 3. The van der Waals surface area contributed by atoms with E-state index in [-0.39, 0.29) is 0 Å². The highest BCUT2D eigenvalue weighted by Crippen LogP contribution is 2.65. The van der Waals surface area contributed by atoms with Crippen molar-refractivity contribution in [2.24, 2.45) is 0 Å². The predicted molar refractivity (Wildman–Crippen MR) is 254 cm³/mol. The molecule has 0 saturated carbocycles. The van der Waals surface area contributed by atoms with Gasteiger partial charge in [-0.05, 0) is 102 Å². The highest BCUT2D eigenvalue weighted by molar-refractivity contribution is 6.03. The van der Waals surface area contributed by atoms with Crippen molar-refractivity contribution in [1.29, 1.82) is 0 Å². The Labute approximate surface area is 354 Å². The molecule has 2 aliphatic rings. The average Bonchev–Trinajstić information content (AvgIpc) is 3.62. The van der Waals surface area contributed by atoms with Crippen molar-refractivity contribution in [3.05, 3.63) is 247 Å². The van der Waals surface area contributed by atoms with Crippen molar-refractivity contribution in [2.75, 3.05) is 4.90 Å². The van der Waals surface area contributed by atoms with Crippen LogP contribution in [0.1, 0.15) is 22.3 Å². The van der Waals surface area contributed by atoms with E-state index >= 15 is 0 Å². The van der Waals surface area contributed by atoms with Crippen molar-refractivity contribution >= 4 is 60.2 Å². The summed E-state index contributed by atoms with van der Waals surface area (Å²) in [5.74, 6) is 1.86. The summed E-state index contributed by atoms with van der Waals surface area (Å²) in [5, 5.41) is 9.44. The summed E-state index contributed by atoms with van der Waals surface area (Å²) in [5.41, 5.74) is 12.5. The predicted octanol–water partition coefficient (Wildman–Crippen LogP) is 15.9. The van der Waals surface area contributed by atoms with Gasteiger partial charge in [0.2, 0.25) is 0 Å². The van der Waals surface area contributed by atoms with E-state index in [0.717, 1.165) is 44.9 Å². The fraction of sp³-hybridized carbons (Fsp3) is 0.0169. The molecule has 1 spiro atoms. The molecule has 0 N–H and O–H groups in total. The van der Waals surface area contributed by atoms with E-state index in [4.69, 9.17) is 4.74 Å². The van der Waals surface area contributed by atoms with E-state index < -0.39 is 5.41 Å². The van der Waals surface area contributed by atoms with Crippen molar-refractivity contribution < 1.29 is 4.74 Å². The van der Waals surface area contributed by atoms with Gasteiger partial charge in [0.05, 0.1) is 5.41 Å². The molecule has 0 amide bonds. The quantitative estimate of drug-likeness (QED) is 0.177. The first-order chi connectivity index (χ1) is 30.2. The molecule has 284 valence electrons. The second kappa shape index (κ2) is 13.0. The van der Waals surface area contributed by atoms with E-state index in [9.17, 15) is 0 Å². The Bertz CT molecular complexity index is 3440. The Morgan fingerprint density at radius 1 is 0.311 bits per heavy atom. The summed E-state index contributed by atoms with van der Waals surface area (Å²) in [6.45, 7) is 0. The van der Waals surface area contributed by atoms with E-state index in [1.807, 2.05) is 0 Å². The van der Waals surface area contributed by atoms with Gasteiger partial charge in [-0.15, -0.1) is 0 Å². The van der Waals surface area contributed by atoms with Gasteiger partial charge in [-0.2, -0.15) is 0 Å². The number of fused-ring (bicyclic) bond motifs is 15. The highest BCUT2D eigenvalue weighted by Gasteiger charge is 2.52. The lowest BCUT2D eigenvalue weighted by molar-refractivity contribution is 0.447. The Kier molecular flexibility index (Phi) is 7.26. The normalized spacial score (nSPS) is 13.2. The van der Waals surface area contributed by atoms with Gasteiger partial charge < -0.3 is 9.64 Å². The number of hydrogen-bond acceptors (Lipinski definition) is 2. The molecule has 2 nitrogen and oxygen atoms in total. The molecule has 1 aliphatic heterocycles. The number of rotatable bonds is 4. The lowest BCUT2D eigenvalue weighted by Gasteiger charge is -2.40. The summed E-state index contributed by atoms with van der Waals surface area (Å²) >= 11 is 0. The molecule has 0 atom stereocenters. The maximum absolute atomic E-state index is 7.21. The summed E-state index contributed by atoms with van der Waals surface area (Å²) < 4.78 is 7.21. The number of benzene rings is 11. The van der Waals surface area contributed by atoms with E-state index in [1.54, 1.807) is 0 Å². The van der Waals surface area contributed by atoms with Crippen LogP contribution in [0.5, 0.6) is 11.5 Å². The Morgan fingerprint density at radius 2 is 0.787 bits per heavy atom. The van der Waals surface area contributed by atoms with Gasteiger partial charge in [-0.3, -0.25) is 0 Å². The number of hydrogen-bond donors (Lipinski definition) is 0. The largest absolute Gasteiger partial charge is 0.455 e. The number of nitrogens with zero attached hydrogens (tertiary/aromatic N) is 1. The second-order valence-electron chi connectivity index (χ2n) is 16.4. The first kappa shape index (κ1) is 34.0. The first-order valence-electron chi connectivity index (χ1n) is 21.1. The maximum atomic E-state index is 7.21. The topological polar surface area (TPSA) is 12.5 Å². The lowest BCUT2D eigenvalue weighted by Crippen LogP contribution is -2.32. The molecule has 1 heterocycles. The third-order valence-electron chi connectivity index (χ3n) is 13.2. The summed E-state index contributed by atoms with van der Waals surface area (Å²) in [7, 11) is 0. The molecule has 61 heavy (non-hydrogen) atoms. The highest BCUT2D eigenvalue weighted by atomic mass is 16.5.